The first kappa shape index (κ1) is 19.8. The van der Waals surface area contributed by atoms with E-state index in [0.29, 0.717) is 12.2 Å². The average Bonchev–Trinajstić information content (AvgIpc) is 2.57. The van der Waals surface area contributed by atoms with Gasteiger partial charge in [-0.15, -0.1) is 0 Å². The molecule has 4 nitrogen and oxygen atoms in total. The van der Waals surface area contributed by atoms with E-state index in [0.717, 1.165) is 13.1 Å². The summed E-state index contributed by atoms with van der Waals surface area (Å²) in [5, 5.41) is 2.47. The van der Waals surface area contributed by atoms with Gasteiger partial charge in [-0.2, -0.15) is 3.71 Å². The molecule has 2 N–H and O–H groups in total. The van der Waals surface area contributed by atoms with E-state index in [9.17, 15) is 0 Å². The maximum absolute atomic E-state index is 5.67. The van der Waals surface area contributed by atoms with Crippen LogP contribution >= 0.6 is 23.5 Å². The van der Waals surface area contributed by atoms with Crippen LogP contribution in [0.15, 0.2) is 53.6 Å². The standard InChI is InChI=1S/C19H28N4S2/c1-15(20)14-22(4)12-13-23(24)25(5)19-11-7-8-16-17(19)9-6-10-18(16)21(2)3/h6-11,24H,1,5,12-14,20H2,2-4H3. The van der Waals surface area contributed by atoms with Crippen molar-refractivity contribution in [2.24, 2.45) is 5.73 Å². The summed E-state index contributed by atoms with van der Waals surface area (Å²) in [6.45, 7) is 6.09. The number of benzene rings is 2. The lowest BCUT2D eigenvalue weighted by molar-refractivity contribution is 0.354. The molecule has 0 fully saturated rings. The largest absolute Gasteiger partial charge is 0.401 e. The van der Waals surface area contributed by atoms with Crippen molar-refractivity contribution in [3.05, 3.63) is 48.7 Å². The highest BCUT2D eigenvalue weighted by atomic mass is 32.2. The minimum atomic E-state index is -0.355. The third kappa shape index (κ3) is 5.01. The lowest BCUT2D eigenvalue weighted by Crippen LogP contribution is -2.29. The summed E-state index contributed by atoms with van der Waals surface area (Å²) < 4.78 is 2.01. The fraction of sp³-hybridized carbons (Fsp3) is 0.316. The van der Waals surface area contributed by atoms with Gasteiger partial charge in [0.05, 0.1) is 0 Å². The molecule has 0 radical (unpaired) electrons. The predicted molar refractivity (Wildman–Crippen MR) is 118 cm³/mol. The molecule has 0 bridgehead atoms. The van der Waals surface area contributed by atoms with Gasteiger partial charge in [-0.1, -0.05) is 60.2 Å². The maximum Gasteiger partial charge on any atom is 0.0441 e. The van der Waals surface area contributed by atoms with E-state index in [2.05, 4.69) is 85.6 Å². The van der Waals surface area contributed by atoms with Crippen LogP contribution in [0.2, 0.25) is 0 Å². The lowest BCUT2D eigenvalue weighted by atomic mass is 10.1. The number of fused-ring (bicyclic) bond motifs is 1. The van der Waals surface area contributed by atoms with Crippen LogP contribution in [0.4, 0.5) is 5.69 Å². The zero-order valence-corrected chi connectivity index (χ0v) is 17.0. The van der Waals surface area contributed by atoms with Crippen molar-refractivity contribution in [1.29, 1.82) is 0 Å². The molecule has 136 valence electrons. The van der Waals surface area contributed by atoms with E-state index in [1.807, 2.05) is 10.8 Å². The first-order valence-corrected chi connectivity index (χ1v) is 9.87. The van der Waals surface area contributed by atoms with E-state index in [1.165, 1.54) is 21.4 Å². The zero-order chi connectivity index (χ0) is 18.6. The van der Waals surface area contributed by atoms with Crippen molar-refractivity contribution in [2.45, 2.75) is 4.90 Å². The molecule has 1 atom stereocenters. The molecular weight excluding hydrogens is 348 g/mol. The van der Waals surface area contributed by atoms with Gasteiger partial charge in [-0.05, 0) is 24.6 Å². The highest BCUT2D eigenvalue weighted by molar-refractivity contribution is 8.17. The van der Waals surface area contributed by atoms with Gasteiger partial charge in [0.25, 0.3) is 0 Å². The van der Waals surface area contributed by atoms with Gasteiger partial charge in [0.15, 0.2) is 0 Å². The van der Waals surface area contributed by atoms with Crippen molar-refractivity contribution in [3.8, 4) is 0 Å². The van der Waals surface area contributed by atoms with Crippen LogP contribution in [0.1, 0.15) is 0 Å². The summed E-state index contributed by atoms with van der Waals surface area (Å²) in [5.74, 6) is 4.37. The first-order chi connectivity index (χ1) is 11.8. The lowest BCUT2D eigenvalue weighted by Gasteiger charge is -2.24. The summed E-state index contributed by atoms with van der Waals surface area (Å²) in [4.78, 5) is 5.48. The van der Waals surface area contributed by atoms with Gasteiger partial charge in [0, 0.05) is 55.4 Å². The SMILES string of the molecule is C=C(N)CN(C)CCN(S)S(=C)c1cccc2c(N(C)C)cccc12. The van der Waals surface area contributed by atoms with Crippen LogP contribution in [-0.4, -0.2) is 55.3 Å². The topological polar surface area (TPSA) is 35.7 Å². The Bertz CT molecular complexity index is 773. The van der Waals surface area contributed by atoms with Gasteiger partial charge in [-0.25, -0.2) is 0 Å². The number of anilines is 1. The molecule has 25 heavy (non-hydrogen) atoms. The molecule has 0 aliphatic rings. The molecule has 0 saturated heterocycles. The number of hydrogen-bond donors (Lipinski definition) is 2. The summed E-state index contributed by atoms with van der Waals surface area (Å²) in [6, 6.07) is 12.8. The molecular formula is C19H28N4S2. The van der Waals surface area contributed by atoms with Gasteiger partial charge in [0.1, 0.15) is 0 Å². The Kier molecular flexibility index (Phi) is 6.95. The second-order valence-corrected chi connectivity index (χ2v) is 8.72. The number of hydrogen-bond acceptors (Lipinski definition) is 5. The average molecular weight is 377 g/mol. The van der Waals surface area contributed by atoms with E-state index in [1.54, 1.807) is 0 Å². The number of thiol groups is 1. The number of nitrogens with two attached hydrogens (primary N) is 1. The Balaban J connectivity index is 2.21. The molecule has 0 amide bonds. The van der Waals surface area contributed by atoms with Crippen LogP contribution in [0, 0.1) is 0 Å². The van der Waals surface area contributed by atoms with Crippen LogP contribution in [-0.2, 0) is 0 Å². The Morgan fingerprint density at radius 1 is 1.08 bits per heavy atom. The maximum atomic E-state index is 5.67. The van der Waals surface area contributed by atoms with Crippen LogP contribution in [0.25, 0.3) is 10.8 Å². The van der Waals surface area contributed by atoms with Crippen LogP contribution < -0.4 is 10.6 Å². The highest BCUT2D eigenvalue weighted by Gasteiger charge is 2.12. The minimum absolute atomic E-state index is 0.355. The van der Waals surface area contributed by atoms with E-state index < -0.39 is 0 Å². The predicted octanol–water partition coefficient (Wildman–Crippen LogP) is 3.43. The molecule has 0 saturated carbocycles. The number of rotatable bonds is 8. The summed E-state index contributed by atoms with van der Waals surface area (Å²) >= 11 is 4.69. The Hall–Kier alpha value is -1.47. The van der Waals surface area contributed by atoms with E-state index in [4.69, 9.17) is 5.73 Å². The quantitative estimate of drug-likeness (QED) is 0.547. The highest BCUT2D eigenvalue weighted by Crippen LogP contribution is 2.38. The van der Waals surface area contributed by atoms with Crippen molar-refractivity contribution in [3.63, 3.8) is 0 Å². The van der Waals surface area contributed by atoms with Crippen LogP contribution in [0.5, 0.6) is 0 Å². The van der Waals surface area contributed by atoms with Crippen LogP contribution in [0.3, 0.4) is 0 Å². The molecule has 0 aliphatic heterocycles. The van der Waals surface area contributed by atoms with E-state index >= 15 is 0 Å². The molecule has 0 heterocycles. The molecule has 0 aromatic heterocycles. The molecule has 0 spiro atoms. The molecule has 2 aromatic rings. The Morgan fingerprint density at radius 3 is 2.36 bits per heavy atom. The third-order valence-electron chi connectivity index (χ3n) is 4.00. The normalized spacial score (nSPS) is 12.7. The van der Waals surface area contributed by atoms with Crippen molar-refractivity contribution < 1.29 is 0 Å². The molecule has 2 rings (SSSR count). The number of likely N-dealkylation sites (N-methyl/N-ethyl adjacent to an activating group) is 1. The zero-order valence-electron chi connectivity index (χ0n) is 15.3. The monoisotopic (exact) mass is 376 g/mol. The summed E-state index contributed by atoms with van der Waals surface area (Å²) in [6.07, 6.45) is 0. The van der Waals surface area contributed by atoms with Gasteiger partial charge < -0.3 is 10.6 Å². The number of nitrogens with zero attached hydrogens (tertiary/aromatic N) is 3. The van der Waals surface area contributed by atoms with Crippen molar-refractivity contribution in [1.82, 2.24) is 8.61 Å². The van der Waals surface area contributed by atoms with Gasteiger partial charge >= 0.3 is 0 Å². The fourth-order valence-electron chi connectivity index (χ4n) is 2.77. The summed E-state index contributed by atoms with van der Waals surface area (Å²) in [5.41, 5.74) is 7.55. The molecule has 6 heteroatoms. The molecule has 1 unspecified atom stereocenters. The van der Waals surface area contributed by atoms with Gasteiger partial charge in [0.2, 0.25) is 0 Å². The Labute approximate surface area is 159 Å². The Morgan fingerprint density at radius 2 is 1.72 bits per heavy atom. The van der Waals surface area contributed by atoms with Gasteiger partial charge in [-0.3, -0.25) is 4.90 Å². The van der Waals surface area contributed by atoms with Crippen molar-refractivity contribution in [2.75, 3.05) is 45.7 Å². The second-order valence-electron chi connectivity index (χ2n) is 6.36. The van der Waals surface area contributed by atoms with E-state index in [-0.39, 0.29) is 10.7 Å². The minimum Gasteiger partial charge on any atom is -0.401 e. The summed E-state index contributed by atoms with van der Waals surface area (Å²) in [7, 11) is 5.81. The third-order valence-corrected chi connectivity index (χ3v) is 6.34. The fourth-order valence-corrected chi connectivity index (χ4v) is 4.32. The smallest absolute Gasteiger partial charge is 0.0441 e. The second kappa shape index (κ2) is 8.76. The molecule has 0 aliphatic carbocycles. The first-order valence-electron chi connectivity index (χ1n) is 8.12. The molecule has 2 aromatic carbocycles. The van der Waals surface area contributed by atoms with Crippen molar-refractivity contribution >= 4 is 45.8 Å².